The summed E-state index contributed by atoms with van der Waals surface area (Å²) in [6.45, 7) is 6.34. The summed E-state index contributed by atoms with van der Waals surface area (Å²) in [6, 6.07) is 4.70. The van der Waals surface area contributed by atoms with Gasteiger partial charge in [0.15, 0.2) is 0 Å². The predicted molar refractivity (Wildman–Crippen MR) is 102 cm³/mol. The number of ether oxygens (including phenoxy) is 1. The highest BCUT2D eigenvalue weighted by atomic mass is 19.1. The summed E-state index contributed by atoms with van der Waals surface area (Å²) < 4.78 is 19.8. The Bertz CT molecular complexity index is 717. The fourth-order valence-electron chi connectivity index (χ4n) is 4.20. The van der Waals surface area contributed by atoms with E-state index in [-0.39, 0.29) is 11.8 Å². The Morgan fingerprint density at radius 1 is 1.23 bits per heavy atom. The molecule has 3 nitrogen and oxygen atoms in total. The molecule has 0 spiro atoms. The third-order valence-corrected chi connectivity index (χ3v) is 5.49. The van der Waals surface area contributed by atoms with Crippen molar-refractivity contribution >= 4 is 11.5 Å². The van der Waals surface area contributed by atoms with Crippen LogP contribution in [-0.4, -0.2) is 31.5 Å². The Morgan fingerprint density at radius 3 is 2.62 bits per heavy atom. The van der Waals surface area contributed by atoms with Crippen LogP contribution < -0.4 is 4.74 Å². The maximum absolute atomic E-state index is 14.3. The largest absolute Gasteiger partial charge is 0.426 e. The molecular formula is C22H30FNO2. The maximum atomic E-state index is 14.3. The van der Waals surface area contributed by atoms with Crippen LogP contribution in [0, 0.1) is 29.0 Å². The Labute approximate surface area is 156 Å². The Morgan fingerprint density at radius 2 is 1.96 bits per heavy atom. The second kappa shape index (κ2) is 7.15. The van der Waals surface area contributed by atoms with Crippen LogP contribution in [0.2, 0.25) is 0 Å². The zero-order valence-corrected chi connectivity index (χ0v) is 16.5. The molecule has 0 aromatic heterocycles. The third kappa shape index (κ3) is 4.17. The Balaban J connectivity index is 1.93. The first-order valence-electron chi connectivity index (χ1n) is 9.53. The van der Waals surface area contributed by atoms with Crippen molar-refractivity contribution in [2.75, 3.05) is 20.6 Å². The minimum Gasteiger partial charge on any atom is -0.426 e. The molecule has 2 bridgehead atoms. The van der Waals surface area contributed by atoms with E-state index < -0.39 is 5.41 Å². The van der Waals surface area contributed by atoms with E-state index in [1.54, 1.807) is 26.8 Å². The monoisotopic (exact) mass is 359 g/mol. The quantitative estimate of drug-likeness (QED) is 0.573. The number of nitrogens with zero attached hydrogens (tertiary/aromatic N) is 1. The van der Waals surface area contributed by atoms with Gasteiger partial charge in [-0.15, -0.1) is 0 Å². The van der Waals surface area contributed by atoms with Crippen molar-refractivity contribution in [3.05, 3.63) is 35.7 Å². The molecular weight excluding hydrogens is 329 g/mol. The first kappa shape index (κ1) is 19.1. The van der Waals surface area contributed by atoms with Crippen molar-refractivity contribution in [2.24, 2.45) is 23.2 Å². The SMILES string of the molecule is CN(C)C[C@@H]1C(c2cc(F)cc(OC(=O)C(C)(C)C)c2)=CC2CCC1C2. The molecule has 1 fully saturated rings. The second-order valence-electron chi connectivity index (χ2n) is 9.14. The summed E-state index contributed by atoms with van der Waals surface area (Å²) in [4.78, 5) is 14.4. The molecule has 1 aromatic rings. The van der Waals surface area contributed by atoms with E-state index >= 15 is 0 Å². The van der Waals surface area contributed by atoms with E-state index in [2.05, 4.69) is 25.1 Å². The number of halogens is 1. The first-order valence-corrected chi connectivity index (χ1v) is 9.53. The van der Waals surface area contributed by atoms with Crippen LogP contribution in [0.4, 0.5) is 4.39 Å². The number of benzene rings is 1. The zero-order chi connectivity index (χ0) is 19.1. The van der Waals surface area contributed by atoms with Crippen molar-refractivity contribution in [2.45, 2.75) is 40.0 Å². The maximum Gasteiger partial charge on any atom is 0.316 e. The lowest BCUT2D eigenvalue weighted by molar-refractivity contribution is -0.143. The predicted octanol–water partition coefficient (Wildman–Crippen LogP) is 4.77. The number of hydrogen-bond donors (Lipinski definition) is 0. The van der Waals surface area contributed by atoms with E-state index in [9.17, 15) is 9.18 Å². The highest BCUT2D eigenvalue weighted by Gasteiger charge is 2.37. The van der Waals surface area contributed by atoms with Gasteiger partial charge in [-0.3, -0.25) is 4.79 Å². The normalized spacial score (nSPS) is 25.3. The summed E-state index contributed by atoms with van der Waals surface area (Å²) in [5.74, 6) is 1.24. The summed E-state index contributed by atoms with van der Waals surface area (Å²) in [5, 5.41) is 0. The van der Waals surface area contributed by atoms with E-state index in [1.807, 2.05) is 6.07 Å². The van der Waals surface area contributed by atoms with Crippen molar-refractivity contribution in [3.63, 3.8) is 0 Å². The van der Waals surface area contributed by atoms with E-state index in [0.29, 0.717) is 23.5 Å². The lowest BCUT2D eigenvalue weighted by Gasteiger charge is -2.33. The molecule has 3 atom stereocenters. The van der Waals surface area contributed by atoms with Gasteiger partial charge in [-0.2, -0.15) is 0 Å². The van der Waals surface area contributed by atoms with Gasteiger partial charge in [-0.25, -0.2) is 4.39 Å². The van der Waals surface area contributed by atoms with Crippen LogP contribution >= 0.6 is 0 Å². The van der Waals surface area contributed by atoms with Crippen molar-refractivity contribution in [3.8, 4) is 5.75 Å². The molecule has 2 unspecified atom stereocenters. The lowest BCUT2D eigenvalue weighted by atomic mass is 9.76. The highest BCUT2D eigenvalue weighted by Crippen LogP contribution is 2.48. The summed E-state index contributed by atoms with van der Waals surface area (Å²) in [7, 11) is 4.17. The first-order chi connectivity index (χ1) is 12.1. The minimum atomic E-state index is -0.622. The van der Waals surface area contributed by atoms with Gasteiger partial charge in [-0.05, 0) is 95.2 Å². The van der Waals surface area contributed by atoms with Crippen LogP contribution in [0.5, 0.6) is 5.75 Å². The van der Waals surface area contributed by atoms with E-state index in [0.717, 1.165) is 12.1 Å². The molecule has 26 heavy (non-hydrogen) atoms. The Kier molecular flexibility index (Phi) is 5.25. The van der Waals surface area contributed by atoms with Gasteiger partial charge in [-0.1, -0.05) is 6.08 Å². The molecule has 0 saturated heterocycles. The highest BCUT2D eigenvalue weighted by molar-refractivity contribution is 5.78. The van der Waals surface area contributed by atoms with Crippen LogP contribution in [0.25, 0.3) is 5.57 Å². The second-order valence-corrected chi connectivity index (χ2v) is 9.14. The standard InChI is InChI=1S/C22H30FNO2/c1-22(2,3)21(25)26-18-11-16(10-17(23)12-18)19-9-14-6-7-15(8-14)20(19)13-24(4)5/h9-12,14-15,20H,6-8,13H2,1-5H3/t14?,15?,20-/m0/s1. The fraction of sp³-hybridized carbons (Fsp3) is 0.591. The van der Waals surface area contributed by atoms with Crippen LogP contribution in [0.3, 0.4) is 0 Å². The molecule has 0 radical (unpaired) electrons. The molecule has 0 heterocycles. The van der Waals surface area contributed by atoms with Crippen molar-refractivity contribution in [1.29, 1.82) is 0 Å². The average Bonchev–Trinajstić information content (AvgIpc) is 2.91. The van der Waals surface area contributed by atoms with Crippen LogP contribution in [-0.2, 0) is 4.79 Å². The van der Waals surface area contributed by atoms with E-state index in [4.69, 9.17) is 4.74 Å². The van der Waals surface area contributed by atoms with Gasteiger partial charge in [0, 0.05) is 12.6 Å². The van der Waals surface area contributed by atoms with Gasteiger partial charge >= 0.3 is 5.97 Å². The Hall–Kier alpha value is -1.68. The fourth-order valence-corrected chi connectivity index (χ4v) is 4.20. The summed E-state index contributed by atoms with van der Waals surface area (Å²) >= 11 is 0. The summed E-state index contributed by atoms with van der Waals surface area (Å²) in [6.07, 6.45) is 6.04. The van der Waals surface area contributed by atoms with Gasteiger partial charge in [0.2, 0.25) is 0 Å². The molecule has 1 saturated carbocycles. The zero-order valence-electron chi connectivity index (χ0n) is 16.5. The van der Waals surface area contributed by atoms with Gasteiger partial charge in [0.05, 0.1) is 5.41 Å². The third-order valence-electron chi connectivity index (χ3n) is 5.49. The minimum absolute atomic E-state index is 0.294. The molecule has 0 amide bonds. The molecule has 3 rings (SSSR count). The van der Waals surface area contributed by atoms with Gasteiger partial charge in [0.25, 0.3) is 0 Å². The topological polar surface area (TPSA) is 29.5 Å². The van der Waals surface area contributed by atoms with Gasteiger partial charge in [0.1, 0.15) is 11.6 Å². The number of carbonyl (C=O) groups is 1. The molecule has 142 valence electrons. The number of esters is 1. The molecule has 2 aliphatic carbocycles. The van der Waals surface area contributed by atoms with E-state index in [1.165, 1.54) is 30.9 Å². The lowest BCUT2D eigenvalue weighted by Crippen LogP contribution is -2.29. The molecule has 0 aliphatic heterocycles. The van der Waals surface area contributed by atoms with Crippen molar-refractivity contribution < 1.29 is 13.9 Å². The number of allylic oxidation sites excluding steroid dienone is 1. The van der Waals surface area contributed by atoms with Crippen LogP contribution in [0.1, 0.15) is 45.6 Å². The van der Waals surface area contributed by atoms with Crippen LogP contribution in [0.15, 0.2) is 24.3 Å². The summed E-state index contributed by atoms with van der Waals surface area (Å²) in [5.41, 5.74) is 1.44. The smallest absolute Gasteiger partial charge is 0.316 e. The molecule has 2 aliphatic rings. The average molecular weight is 359 g/mol. The number of fused-ring (bicyclic) bond motifs is 2. The molecule has 0 N–H and O–H groups in total. The van der Waals surface area contributed by atoms with Crippen molar-refractivity contribution in [1.82, 2.24) is 4.90 Å². The van der Waals surface area contributed by atoms with Gasteiger partial charge < -0.3 is 9.64 Å². The number of rotatable bonds is 4. The molecule has 4 heteroatoms. The number of carbonyl (C=O) groups excluding carboxylic acids is 1. The molecule has 1 aromatic carbocycles. The number of hydrogen-bond acceptors (Lipinski definition) is 3.